The molecule has 0 radical (unpaired) electrons. The number of aromatic nitrogens is 3. The number of hydrogen-bond donors (Lipinski definition) is 0. The van der Waals surface area contributed by atoms with E-state index in [0.717, 1.165) is 27.9 Å². The predicted molar refractivity (Wildman–Crippen MR) is 96.1 cm³/mol. The van der Waals surface area contributed by atoms with E-state index in [-0.39, 0.29) is 11.2 Å². The molecule has 0 unspecified atom stereocenters. The van der Waals surface area contributed by atoms with Crippen molar-refractivity contribution in [2.45, 2.75) is 13.3 Å². The molecule has 0 fully saturated rings. The van der Waals surface area contributed by atoms with Crippen LogP contribution in [0.1, 0.15) is 12.5 Å². The molecule has 0 bridgehead atoms. The van der Waals surface area contributed by atoms with Crippen LogP contribution in [0.2, 0.25) is 0 Å². The van der Waals surface area contributed by atoms with E-state index in [2.05, 4.69) is 4.98 Å². The van der Waals surface area contributed by atoms with E-state index >= 15 is 0 Å². The van der Waals surface area contributed by atoms with Crippen LogP contribution in [0.3, 0.4) is 0 Å². The average molecular weight is 324 g/mol. The van der Waals surface area contributed by atoms with Gasteiger partial charge in [0.25, 0.3) is 5.56 Å². The summed E-state index contributed by atoms with van der Waals surface area (Å²) in [6, 6.07) is 9.82. The topological polar surface area (TPSA) is 60.1 Å². The highest BCUT2D eigenvalue weighted by Gasteiger charge is 2.19. The Bertz CT molecular complexity index is 1020. The van der Waals surface area contributed by atoms with E-state index in [9.17, 15) is 9.59 Å². The molecule has 0 N–H and O–H groups in total. The summed E-state index contributed by atoms with van der Waals surface area (Å²) in [5.74, 6) is 0. The summed E-state index contributed by atoms with van der Waals surface area (Å²) < 4.78 is 2.55. The largest absolute Gasteiger partial charge is 0.344 e. The summed E-state index contributed by atoms with van der Waals surface area (Å²) in [7, 11) is 5.05. The molecule has 2 heterocycles. The Morgan fingerprint density at radius 1 is 1.08 bits per heavy atom. The molecule has 1 aromatic carbocycles. The highest BCUT2D eigenvalue weighted by atomic mass is 16.2. The van der Waals surface area contributed by atoms with Gasteiger partial charge in [-0.2, -0.15) is 0 Å². The maximum absolute atomic E-state index is 12.8. The smallest absolute Gasteiger partial charge is 0.332 e. The molecule has 2 aromatic heterocycles. The third kappa shape index (κ3) is 2.31. The molecule has 24 heavy (non-hydrogen) atoms. The fourth-order valence-electron chi connectivity index (χ4n) is 2.98. The SMILES string of the molecule is CCc1cnc2c(c1N(C)c1ccccc1)c(=O)n(C)c(=O)n2C. The summed E-state index contributed by atoms with van der Waals surface area (Å²) in [5.41, 5.74) is 2.43. The number of fused-ring (bicyclic) bond motifs is 1. The molecular formula is C18H20N4O2. The highest BCUT2D eigenvalue weighted by molar-refractivity contribution is 5.93. The van der Waals surface area contributed by atoms with Gasteiger partial charge in [-0.05, 0) is 24.1 Å². The zero-order chi connectivity index (χ0) is 17.4. The Hall–Kier alpha value is -2.89. The summed E-state index contributed by atoms with van der Waals surface area (Å²) in [5, 5.41) is 0.463. The molecule has 0 spiro atoms. The van der Waals surface area contributed by atoms with E-state index in [1.807, 2.05) is 49.2 Å². The zero-order valence-electron chi connectivity index (χ0n) is 14.3. The lowest BCUT2D eigenvalue weighted by molar-refractivity contribution is 0.707. The standard InChI is InChI=1S/C18H20N4O2/c1-5-12-11-19-16-14(17(23)22(4)18(24)21(16)3)15(12)20(2)13-9-7-6-8-10-13/h6-11H,5H2,1-4H3. The van der Waals surface area contributed by atoms with Crippen LogP contribution in [0.25, 0.3) is 11.0 Å². The number of para-hydroxylation sites is 1. The Morgan fingerprint density at radius 3 is 2.38 bits per heavy atom. The van der Waals surface area contributed by atoms with E-state index in [0.29, 0.717) is 11.0 Å². The van der Waals surface area contributed by atoms with Gasteiger partial charge >= 0.3 is 5.69 Å². The second kappa shape index (κ2) is 5.96. The summed E-state index contributed by atoms with van der Waals surface area (Å²) in [6.07, 6.45) is 2.48. The lowest BCUT2D eigenvalue weighted by atomic mass is 10.1. The first-order valence-electron chi connectivity index (χ1n) is 7.83. The quantitative estimate of drug-likeness (QED) is 0.739. The van der Waals surface area contributed by atoms with Crippen molar-refractivity contribution in [2.24, 2.45) is 14.1 Å². The van der Waals surface area contributed by atoms with E-state index in [1.54, 1.807) is 13.2 Å². The summed E-state index contributed by atoms with van der Waals surface area (Å²) >= 11 is 0. The lowest BCUT2D eigenvalue weighted by Crippen LogP contribution is -2.38. The molecule has 0 saturated heterocycles. The van der Waals surface area contributed by atoms with Crippen LogP contribution in [-0.4, -0.2) is 21.2 Å². The number of hydrogen-bond acceptors (Lipinski definition) is 4. The minimum atomic E-state index is -0.377. The van der Waals surface area contributed by atoms with Crippen molar-refractivity contribution in [3.05, 3.63) is 62.9 Å². The van der Waals surface area contributed by atoms with Crippen molar-refractivity contribution in [1.82, 2.24) is 14.1 Å². The molecule has 3 aromatic rings. The summed E-state index contributed by atoms with van der Waals surface area (Å²) in [4.78, 5) is 31.3. The van der Waals surface area contributed by atoms with Gasteiger partial charge < -0.3 is 4.90 Å². The third-order valence-electron chi connectivity index (χ3n) is 4.38. The minimum absolute atomic E-state index is 0.325. The number of anilines is 2. The molecule has 0 aliphatic carbocycles. The van der Waals surface area contributed by atoms with Crippen molar-refractivity contribution in [1.29, 1.82) is 0 Å². The van der Waals surface area contributed by atoms with Crippen molar-refractivity contribution in [3.8, 4) is 0 Å². The first-order chi connectivity index (χ1) is 11.5. The zero-order valence-corrected chi connectivity index (χ0v) is 14.3. The van der Waals surface area contributed by atoms with Crippen molar-refractivity contribution in [3.63, 3.8) is 0 Å². The average Bonchev–Trinajstić information content (AvgIpc) is 2.63. The molecule has 0 aliphatic rings. The van der Waals surface area contributed by atoms with Crippen LogP contribution in [0.5, 0.6) is 0 Å². The number of benzene rings is 1. The Kier molecular flexibility index (Phi) is 3.97. The molecule has 3 rings (SSSR count). The monoisotopic (exact) mass is 324 g/mol. The van der Waals surface area contributed by atoms with Gasteiger partial charge in [0.2, 0.25) is 0 Å². The molecule has 0 aliphatic heterocycles. The van der Waals surface area contributed by atoms with E-state index in [4.69, 9.17) is 0 Å². The van der Waals surface area contributed by atoms with E-state index < -0.39 is 0 Å². The molecule has 124 valence electrons. The second-order valence-corrected chi connectivity index (χ2v) is 5.78. The predicted octanol–water partition coefficient (Wildman–Crippen LogP) is 1.96. The number of rotatable bonds is 3. The molecule has 6 heteroatoms. The maximum atomic E-state index is 12.8. The highest BCUT2D eigenvalue weighted by Crippen LogP contribution is 2.31. The fourth-order valence-corrected chi connectivity index (χ4v) is 2.98. The molecular weight excluding hydrogens is 304 g/mol. The van der Waals surface area contributed by atoms with Crippen molar-refractivity contribution >= 4 is 22.4 Å². The lowest BCUT2D eigenvalue weighted by Gasteiger charge is -2.24. The first kappa shape index (κ1) is 16.0. The normalized spacial score (nSPS) is 11.0. The van der Waals surface area contributed by atoms with Crippen LogP contribution in [0, 0.1) is 0 Å². The third-order valence-corrected chi connectivity index (χ3v) is 4.38. The fraction of sp³-hybridized carbons (Fsp3) is 0.278. The van der Waals surface area contributed by atoms with E-state index in [1.165, 1.54) is 11.6 Å². The Balaban J connectivity index is 2.46. The maximum Gasteiger partial charge on any atom is 0.332 e. The van der Waals surface area contributed by atoms with Crippen LogP contribution in [0.15, 0.2) is 46.1 Å². The van der Waals surface area contributed by atoms with Gasteiger partial charge in [-0.15, -0.1) is 0 Å². The Labute approximate surface area is 139 Å². The number of nitrogens with zero attached hydrogens (tertiary/aromatic N) is 4. The molecule has 0 saturated carbocycles. The van der Waals surface area contributed by atoms with Crippen molar-refractivity contribution < 1.29 is 0 Å². The molecule has 6 nitrogen and oxygen atoms in total. The number of pyridine rings is 1. The molecule has 0 atom stereocenters. The summed E-state index contributed by atoms with van der Waals surface area (Å²) in [6.45, 7) is 2.03. The second-order valence-electron chi connectivity index (χ2n) is 5.78. The van der Waals surface area contributed by atoms with Gasteiger partial charge in [0, 0.05) is 33.0 Å². The van der Waals surface area contributed by atoms with Gasteiger partial charge in [-0.25, -0.2) is 9.78 Å². The van der Waals surface area contributed by atoms with Gasteiger partial charge in [0.1, 0.15) is 5.39 Å². The van der Waals surface area contributed by atoms with Crippen LogP contribution < -0.4 is 16.1 Å². The van der Waals surface area contributed by atoms with Gasteiger partial charge in [0.15, 0.2) is 5.65 Å². The van der Waals surface area contributed by atoms with Crippen LogP contribution >= 0.6 is 0 Å². The minimum Gasteiger partial charge on any atom is -0.344 e. The molecule has 0 amide bonds. The van der Waals surface area contributed by atoms with Crippen molar-refractivity contribution in [2.75, 3.05) is 11.9 Å². The first-order valence-corrected chi connectivity index (χ1v) is 7.83. The van der Waals surface area contributed by atoms with Gasteiger partial charge in [-0.1, -0.05) is 25.1 Å². The Morgan fingerprint density at radius 2 is 1.75 bits per heavy atom. The van der Waals surface area contributed by atoms with Crippen LogP contribution in [0.4, 0.5) is 11.4 Å². The van der Waals surface area contributed by atoms with Gasteiger partial charge in [0.05, 0.1) is 5.69 Å². The number of aryl methyl sites for hydroxylation is 2. The van der Waals surface area contributed by atoms with Crippen LogP contribution in [-0.2, 0) is 20.5 Å². The van der Waals surface area contributed by atoms with Gasteiger partial charge in [-0.3, -0.25) is 13.9 Å².